The molecule has 5 rings (SSSR count). The second-order valence-electron chi connectivity index (χ2n) is 11.7. The maximum Gasteiger partial charge on any atom is 0.491 e. The van der Waals surface area contributed by atoms with Gasteiger partial charge in [-0.15, -0.1) is 0 Å². The minimum Gasteiger partial charge on any atom is -0.490 e. The van der Waals surface area contributed by atoms with Crippen LogP contribution in [-0.2, 0) is 26.6 Å². The number of aryl methyl sites for hydroxylation is 2. The first-order valence-electron chi connectivity index (χ1n) is 15.8. The third-order valence-electron chi connectivity index (χ3n) is 7.59. The van der Waals surface area contributed by atoms with E-state index in [1.807, 2.05) is 19.9 Å². The number of aromatic nitrogens is 3. The van der Waals surface area contributed by atoms with Crippen molar-refractivity contribution in [1.29, 1.82) is 0 Å². The molecule has 0 fully saturated rings. The summed E-state index contributed by atoms with van der Waals surface area (Å²) < 4.78 is 60.5. The molecule has 2 heterocycles. The summed E-state index contributed by atoms with van der Waals surface area (Å²) in [5.41, 5.74) is 6.02. The lowest BCUT2D eigenvalue weighted by Gasteiger charge is -2.35. The minimum atomic E-state index is -5.46. The molecule has 262 valence electrons. The summed E-state index contributed by atoms with van der Waals surface area (Å²) >= 11 is 0. The van der Waals surface area contributed by atoms with E-state index in [-0.39, 0.29) is 47.8 Å². The molecule has 1 amide bonds. The molecule has 2 aromatic heterocycles. The monoisotopic (exact) mass is 690 g/mol. The Kier molecular flexibility index (Phi) is 10.2. The van der Waals surface area contributed by atoms with Gasteiger partial charge in [0.15, 0.2) is 11.5 Å². The number of pyridine rings is 1. The van der Waals surface area contributed by atoms with Gasteiger partial charge in [0, 0.05) is 35.1 Å². The number of ether oxygens (including phenoxy) is 3. The predicted molar refractivity (Wildman–Crippen MR) is 182 cm³/mol. The van der Waals surface area contributed by atoms with Crippen molar-refractivity contribution >= 4 is 34.2 Å². The van der Waals surface area contributed by atoms with Gasteiger partial charge < -0.3 is 30.6 Å². The van der Waals surface area contributed by atoms with Crippen LogP contribution in [0.25, 0.3) is 16.5 Å². The number of hydrogen-bond acceptors (Lipinski definition) is 9. The summed E-state index contributed by atoms with van der Waals surface area (Å²) in [4.78, 5) is 31.3. The number of para-hydroxylation sites is 1. The highest BCUT2D eigenvalue weighted by Gasteiger charge is 2.52. The number of rotatable bonds is 12. The zero-order valence-corrected chi connectivity index (χ0v) is 28.1. The van der Waals surface area contributed by atoms with Crippen LogP contribution in [0.5, 0.6) is 11.5 Å². The highest BCUT2D eigenvalue weighted by atomic mass is 19.4. The van der Waals surface area contributed by atoms with E-state index in [9.17, 15) is 22.8 Å². The fourth-order valence-electron chi connectivity index (χ4n) is 5.46. The molecule has 3 aromatic carbocycles. The van der Waals surface area contributed by atoms with E-state index in [0.29, 0.717) is 22.0 Å². The standard InChI is InChI=1S/C36H37F3N6O5/c1-6-48-31-19-26(11-14-30(31)49-21(2)3)35(50-34(47)36(37,38)39,43-27-12-13-28-24(18-27)15-16-41-32(28)40)33(46)42-20-25-9-7-8-10-29(25)45-23(5)17-22(4)44-45/h7-19,21,43H,6,20H2,1-5H3,(H2,40,41)(H,42,46). The van der Waals surface area contributed by atoms with Crippen molar-refractivity contribution in [3.05, 3.63) is 102 Å². The molecule has 0 saturated carbocycles. The van der Waals surface area contributed by atoms with E-state index in [1.54, 1.807) is 67.9 Å². The number of nitrogens with two attached hydrogens (primary N) is 1. The smallest absolute Gasteiger partial charge is 0.490 e. The Morgan fingerprint density at radius 3 is 2.42 bits per heavy atom. The van der Waals surface area contributed by atoms with Crippen LogP contribution in [0.1, 0.15) is 43.3 Å². The summed E-state index contributed by atoms with van der Waals surface area (Å²) in [6.45, 7) is 9.00. The maximum absolute atomic E-state index is 14.5. The van der Waals surface area contributed by atoms with Gasteiger partial charge in [0.2, 0.25) is 0 Å². The second kappa shape index (κ2) is 14.4. The van der Waals surface area contributed by atoms with Crippen LogP contribution in [0.2, 0.25) is 0 Å². The minimum absolute atomic E-state index is 0.118. The Morgan fingerprint density at radius 1 is 0.980 bits per heavy atom. The van der Waals surface area contributed by atoms with Gasteiger partial charge in [-0.3, -0.25) is 4.79 Å². The normalized spacial score (nSPS) is 12.7. The van der Waals surface area contributed by atoms with Gasteiger partial charge in [0.05, 0.1) is 24.1 Å². The van der Waals surface area contributed by atoms with Gasteiger partial charge in [0.25, 0.3) is 11.6 Å². The fourth-order valence-corrected chi connectivity index (χ4v) is 5.46. The van der Waals surface area contributed by atoms with Crippen molar-refractivity contribution in [3.8, 4) is 17.2 Å². The lowest BCUT2D eigenvalue weighted by Crippen LogP contribution is -2.54. The van der Waals surface area contributed by atoms with Gasteiger partial charge in [-0.2, -0.15) is 18.3 Å². The molecule has 14 heteroatoms. The Morgan fingerprint density at radius 2 is 1.74 bits per heavy atom. The van der Waals surface area contributed by atoms with Crippen LogP contribution >= 0.6 is 0 Å². The number of nitrogens with one attached hydrogen (secondary N) is 2. The second-order valence-corrected chi connectivity index (χ2v) is 11.7. The SMILES string of the molecule is CCOc1cc(C(Nc2ccc3c(N)nccc3c2)(OC(=O)C(F)(F)F)C(=O)NCc2ccccc2-n2nc(C)cc2C)ccc1OC(C)C. The van der Waals surface area contributed by atoms with E-state index in [4.69, 9.17) is 19.9 Å². The van der Waals surface area contributed by atoms with E-state index < -0.39 is 23.8 Å². The van der Waals surface area contributed by atoms with Crippen molar-refractivity contribution < 1.29 is 37.0 Å². The molecule has 1 atom stereocenters. The number of carbonyl (C=O) groups excluding carboxylic acids is 2. The number of esters is 1. The van der Waals surface area contributed by atoms with E-state index in [2.05, 4.69) is 20.7 Å². The molecule has 5 aromatic rings. The topological polar surface area (TPSA) is 143 Å². The summed E-state index contributed by atoms with van der Waals surface area (Å²) in [5.74, 6) is -3.09. The first kappa shape index (κ1) is 35.5. The summed E-state index contributed by atoms with van der Waals surface area (Å²) in [5, 5.41) is 11.2. The molecule has 1 unspecified atom stereocenters. The molecular weight excluding hydrogens is 653 g/mol. The molecule has 0 spiro atoms. The van der Waals surface area contributed by atoms with Crippen molar-refractivity contribution in [2.45, 2.75) is 59.2 Å². The number of anilines is 2. The number of halogens is 3. The highest BCUT2D eigenvalue weighted by molar-refractivity contribution is 5.96. The van der Waals surface area contributed by atoms with Crippen molar-refractivity contribution in [2.75, 3.05) is 17.7 Å². The molecule has 0 saturated heterocycles. The number of nitrogen functional groups attached to an aromatic ring is 1. The van der Waals surface area contributed by atoms with Gasteiger partial charge >= 0.3 is 12.1 Å². The molecule has 0 aliphatic heterocycles. The largest absolute Gasteiger partial charge is 0.491 e. The van der Waals surface area contributed by atoms with E-state index in [0.717, 1.165) is 11.4 Å². The Bertz CT molecular complexity index is 2030. The summed E-state index contributed by atoms with van der Waals surface area (Å²) in [6, 6.07) is 19.3. The van der Waals surface area contributed by atoms with Crippen LogP contribution < -0.4 is 25.8 Å². The van der Waals surface area contributed by atoms with Crippen molar-refractivity contribution in [3.63, 3.8) is 0 Å². The molecular formula is C36H37F3N6O5. The number of benzene rings is 3. The summed E-state index contributed by atoms with van der Waals surface area (Å²) in [7, 11) is 0. The van der Waals surface area contributed by atoms with E-state index >= 15 is 0 Å². The average Bonchev–Trinajstić information content (AvgIpc) is 3.40. The van der Waals surface area contributed by atoms with Gasteiger partial charge in [0.1, 0.15) is 5.82 Å². The summed E-state index contributed by atoms with van der Waals surface area (Å²) in [6.07, 6.45) is -4.27. The number of carbonyl (C=O) groups is 2. The first-order chi connectivity index (χ1) is 23.7. The number of amides is 1. The third-order valence-corrected chi connectivity index (χ3v) is 7.59. The molecule has 50 heavy (non-hydrogen) atoms. The van der Waals surface area contributed by atoms with Gasteiger partial charge in [-0.25, -0.2) is 14.5 Å². The fraction of sp³-hybridized carbons (Fsp3) is 0.278. The third kappa shape index (κ3) is 7.59. The zero-order chi connectivity index (χ0) is 36.2. The van der Waals surface area contributed by atoms with E-state index in [1.165, 1.54) is 30.5 Å². The lowest BCUT2D eigenvalue weighted by molar-refractivity contribution is -0.213. The quantitative estimate of drug-likeness (QED) is 0.0989. The van der Waals surface area contributed by atoms with Crippen molar-refractivity contribution in [2.24, 2.45) is 0 Å². The molecule has 0 radical (unpaired) electrons. The van der Waals surface area contributed by atoms with Crippen LogP contribution in [0.15, 0.2) is 79.0 Å². The number of fused-ring (bicyclic) bond motifs is 1. The lowest BCUT2D eigenvalue weighted by atomic mass is 9.99. The number of hydrogen-bond donors (Lipinski definition) is 3. The first-order valence-corrected chi connectivity index (χ1v) is 15.8. The Labute approximate surface area is 286 Å². The highest BCUT2D eigenvalue weighted by Crippen LogP contribution is 2.38. The molecule has 0 bridgehead atoms. The predicted octanol–water partition coefficient (Wildman–Crippen LogP) is 6.49. The van der Waals surface area contributed by atoms with Crippen LogP contribution in [0.4, 0.5) is 24.7 Å². The van der Waals surface area contributed by atoms with Gasteiger partial charge in [-0.05, 0) is 100 Å². The van der Waals surface area contributed by atoms with Gasteiger partial charge in [-0.1, -0.05) is 18.2 Å². The maximum atomic E-state index is 14.5. The number of nitrogens with zero attached hydrogens (tertiary/aromatic N) is 3. The molecule has 0 aliphatic carbocycles. The molecule has 4 N–H and O–H groups in total. The van der Waals surface area contributed by atoms with Crippen LogP contribution in [-0.4, -0.2) is 45.5 Å². The molecule has 0 aliphatic rings. The Hall–Kier alpha value is -5.79. The van der Waals surface area contributed by atoms with Crippen LogP contribution in [0, 0.1) is 13.8 Å². The van der Waals surface area contributed by atoms with Crippen LogP contribution in [0.3, 0.4) is 0 Å². The molecule has 11 nitrogen and oxygen atoms in total. The Balaban J connectivity index is 1.66. The average molecular weight is 691 g/mol. The zero-order valence-electron chi connectivity index (χ0n) is 28.1. The van der Waals surface area contributed by atoms with Crippen molar-refractivity contribution in [1.82, 2.24) is 20.1 Å². The number of alkyl halides is 3.